The molecule has 0 radical (unpaired) electrons. The number of anilines is 1. The Kier molecular flexibility index (Phi) is 5.60. The van der Waals surface area contributed by atoms with Gasteiger partial charge in [-0.3, -0.25) is 10.1 Å². The molecule has 3 rings (SSSR count). The van der Waals surface area contributed by atoms with Crippen molar-refractivity contribution in [1.29, 1.82) is 0 Å². The fourth-order valence-corrected chi connectivity index (χ4v) is 3.65. The topological polar surface area (TPSA) is 102 Å². The molecule has 0 unspecified atom stereocenters. The molecule has 0 saturated carbocycles. The molecule has 0 aliphatic carbocycles. The molecule has 7 nitrogen and oxygen atoms in total. The average molecular weight is 399 g/mol. The van der Waals surface area contributed by atoms with Crippen molar-refractivity contribution in [3.8, 4) is 11.5 Å². The summed E-state index contributed by atoms with van der Waals surface area (Å²) >= 11 is 0. The Morgan fingerprint density at radius 3 is 2.43 bits per heavy atom. The summed E-state index contributed by atoms with van der Waals surface area (Å²) < 4.78 is 29.2. The van der Waals surface area contributed by atoms with Crippen LogP contribution < -0.4 is 5.32 Å². The van der Waals surface area contributed by atoms with Gasteiger partial charge < -0.3 is 4.42 Å². The number of hydrogen-bond donors (Lipinski definition) is 1. The van der Waals surface area contributed by atoms with Crippen molar-refractivity contribution in [1.82, 2.24) is 10.2 Å². The number of nitrogens with one attached hydrogen (secondary N) is 1. The highest BCUT2D eigenvalue weighted by Gasteiger charge is 2.15. The first-order chi connectivity index (χ1) is 13.3. The lowest BCUT2D eigenvalue weighted by Crippen LogP contribution is -2.14. The van der Waals surface area contributed by atoms with Gasteiger partial charge in [0.15, 0.2) is 9.84 Å². The Morgan fingerprint density at radius 1 is 1.07 bits per heavy atom. The lowest BCUT2D eigenvalue weighted by atomic mass is 10.1. The molecule has 0 aliphatic heterocycles. The standard InChI is InChI=1S/C20H21N3O4S/c1-4-28(25,26)16-8-6-15(7-9-16)12-18(24)21-20-23-22-19(27-20)17-10-5-13(2)11-14(17)3/h5-11H,4,12H2,1-3H3,(H,21,23,24). The molecule has 8 heteroatoms. The molecular weight excluding hydrogens is 378 g/mol. The van der Waals surface area contributed by atoms with Gasteiger partial charge in [0.2, 0.25) is 11.8 Å². The van der Waals surface area contributed by atoms with Crippen LogP contribution in [-0.2, 0) is 21.1 Å². The van der Waals surface area contributed by atoms with Crippen LogP contribution in [0.1, 0.15) is 23.6 Å². The molecule has 0 atom stereocenters. The first-order valence-electron chi connectivity index (χ1n) is 8.81. The summed E-state index contributed by atoms with van der Waals surface area (Å²) in [5.74, 6) is 0.0381. The molecule has 146 valence electrons. The van der Waals surface area contributed by atoms with Crippen LogP contribution >= 0.6 is 0 Å². The van der Waals surface area contributed by atoms with Gasteiger partial charge in [0, 0.05) is 5.56 Å². The second-order valence-corrected chi connectivity index (χ2v) is 8.78. The van der Waals surface area contributed by atoms with E-state index in [0.717, 1.165) is 16.7 Å². The molecule has 2 aromatic carbocycles. The molecule has 3 aromatic rings. The SMILES string of the molecule is CCS(=O)(=O)c1ccc(CC(=O)Nc2nnc(-c3ccc(C)cc3C)o2)cc1. The zero-order chi connectivity index (χ0) is 20.3. The van der Waals surface area contributed by atoms with Gasteiger partial charge in [-0.25, -0.2) is 8.42 Å². The third kappa shape index (κ3) is 4.45. The van der Waals surface area contributed by atoms with Crippen LogP contribution in [0.5, 0.6) is 0 Å². The average Bonchev–Trinajstić information content (AvgIpc) is 3.10. The van der Waals surface area contributed by atoms with Crippen LogP contribution in [0.25, 0.3) is 11.5 Å². The van der Waals surface area contributed by atoms with E-state index in [4.69, 9.17) is 4.42 Å². The molecule has 1 N–H and O–H groups in total. The van der Waals surface area contributed by atoms with Crippen LogP contribution in [-0.4, -0.2) is 30.3 Å². The van der Waals surface area contributed by atoms with E-state index in [1.807, 2.05) is 32.0 Å². The summed E-state index contributed by atoms with van der Waals surface area (Å²) in [6.07, 6.45) is 0.0632. The first kappa shape index (κ1) is 19.8. The minimum Gasteiger partial charge on any atom is -0.403 e. The highest BCUT2D eigenvalue weighted by Crippen LogP contribution is 2.24. The lowest BCUT2D eigenvalue weighted by Gasteiger charge is -2.04. The summed E-state index contributed by atoms with van der Waals surface area (Å²) in [5.41, 5.74) is 3.63. The third-order valence-electron chi connectivity index (χ3n) is 4.31. The van der Waals surface area contributed by atoms with Gasteiger partial charge >= 0.3 is 6.01 Å². The van der Waals surface area contributed by atoms with Gasteiger partial charge in [0.05, 0.1) is 17.1 Å². The normalized spacial score (nSPS) is 11.4. The van der Waals surface area contributed by atoms with Gasteiger partial charge in [-0.05, 0) is 43.2 Å². The Morgan fingerprint density at radius 2 is 1.79 bits per heavy atom. The molecule has 1 amide bonds. The van der Waals surface area contributed by atoms with Crippen LogP contribution in [0.15, 0.2) is 51.8 Å². The van der Waals surface area contributed by atoms with Crippen molar-refractivity contribution in [3.05, 3.63) is 59.2 Å². The molecule has 0 saturated heterocycles. The van der Waals surface area contributed by atoms with Gasteiger partial charge in [-0.15, -0.1) is 5.10 Å². The number of aryl methyl sites for hydroxylation is 2. The van der Waals surface area contributed by atoms with E-state index in [1.54, 1.807) is 19.1 Å². The Balaban J connectivity index is 1.66. The summed E-state index contributed by atoms with van der Waals surface area (Å²) in [6, 6.07) is 12.1. The summed E-state index contributed by atoms with van der Waals surface area (Å²) in [5, 5.41) is 10.4. The number of carbonyl (C=O) groups excluding carboxylic acids is 1. The number of amides is 1. The predicted molar refractivity (Wildman–Crippen MR) is 106 cm³/mol. The Bertz CT molecular complexity index is 1100. The van der Waals surface area contributed by atoms with Gasteiger partial charge in [-0.2, -0.15) is 0 Å². The van der Waals surface area contributed by atoms with Crippen LogP contribution in [0.3, 0.4) is 0 Å². The number of sulfone groups is 1. The molecule has 0 spiro atoms. The number of nitrogens with zero attached hydrogens (tertiary/aromatic N) is 2. The summed E-state index contributed by atoms with van der Waals surface area (Å²) in [7, 11) is -3.26. The molecule has 0 fully saturated rings. The predicted octanol–water partition coefficient (Wildman–Crippen LogP) is 3.33. The van der Waals surface area contributed by atoms with Crippen molar-refractivity contribution < 1.29 is 17.6 Å². The van der Waals surface area contributed by atoms with Crippen molar-refractivity contribution in [2.45, 2.75) is 32.1 Å². The van der Waals surface area contributed by atoms with Gasteiger partial charge in [-0.1, -0.05) is 41.9 Å². The van der Waals surface area contributed by atoms with Crippen LogP contribution in [0.2, 0.25) is 0 Å². The number of aromatic nitrogens is 2. The maximum atomic E-state index is 12.2. The monoisotopic (exact) mass is 399 g/mol. The number of carbonyl (C=O) groups is 1. The maximum absolute atomic E-state index is 12.2. The van der Waals surface area contributed by atoms with Crippen LogP contribution in [0.4, 0.5) is 6.01 Å². The van der Waals surface area contributed by atoms with E-state index < -0.39 is 9.84 Å². The molecule has 1 aromatic heterocycles. The Labute approximate surface area is 163 Å². The minimum absolute atomic E-state index is 0.0187. The fourth-order valence-electron chi connectivity index (χ4n) is 2.77. The largest absolute Gasteiger partial charge is 0.403 e. The molecule has 28 heavy (non-hydrogen) atoms. The van der Waals surface area contributed by atoms with Gasteiger partial charge in [0.25, 0.3) is 0 Å². The minimum atomic E-state index is -3.26. The zero-order valence-corrected chi connectivity index (χ0v) is 16.7. The lowest BCUT2D eigenvalue weighted by molar-refractivity contribution is -0.115. The summed E-state index contributed by atoms with van der Waals surface area (Å²) in [6.45, 7) is 5.54. The van der Waals surface area contributed by atoms with Crippen LogP contribution in [0, 0.1) is 13.8 Å². The second kappa shape index (κ2) is 7.93. The smallest absolute Gasteiger partial charge is 0.322 e. The number of hydrogen-bond acceptors (Lipinski definition) is 6. The molecule has 1 heterocycles. The zero-order valence-electron chi connectivity index (χ0n) is 15.9. The van der Waals surface area contributed by atoms with E-state index in [9.17, 15) is 13.2 Å². The maximum Gasteiger partial charge on any atom is 0.322 e. The second-order valence-electron chi connectivity index (χ2n) is 6.50. The first-order valence-corrected chi connectivity index (χ1v) is 10.5. The highest BCUT2D eigenvalue weighted by molar-refractivity contribution is 7.91. The van der Waals surface area contributed by atoms with Crippen molar-refractivity contribution in [2.24, 2.45) is 0 Å². The number of rotatable bonds is 6. The Hall–Kier alpha value is -3.00. The molecular formula is C20H21N3O4S. The van der Waals surface area contributed by atoms with E-state index in [2.05, 4.69) is 15.5 Å². The van der Waals surface area contributed by atoms with Crippen molar-refractivity contribution in [2.75, 3.05) is 11.1 Å². The number of benzene rings is 2. The molecule has 0 aliphatic rings. The van der Waals surface area contributed by atoms with Crippen molar-refractivity contribution >= 4 is 21.8 Å². The van der Waals surface area contributed by atoms with E-state index in [1.165, 1.54) is 12.1 Å². The van der Waals surface area contributed by atoms with E-state index >= 15 is 0 Å². The quantitative estimate of drug-likeness (QED) is 0.682. The van der Waals surface area contributed by atoms with E-state index in [0.29, 0.717) is 11.5 Å². The molecule has 0 bridgehead atoms. The fraction of sp³-hybridized carbons (Fsp3) is 0.250. The highest BCUT2D eigenvalue weighted by atomic mass is 32.2. The van der Waals surface area contributed by atoms with E-state index in [-0.39, 0.29) is 29.0 Å². The third-order valence-corrected chi connectivity index (χ3v) is 6.06. The van der Waals surface area contributed by atoms with Crippen molar-refractivity contribution in [3.63, 3.8) is 0 Å². The summed E-state index contributed by atoms with van der Waals surface area (Å²) in [4.78, 5) is 12.5. The van der Waals surface area contributed by atoms with Gasteiger partial charge in [0.1, 0.15) is 0 Å².